The zero-order chi connectivity index (χ0) is 15.2. The van der Waals surface area contributed by atoms with Crippen molar-refractivity contribution in [2.24, 2.45) is 0 Å². The number of carbonyl (C=O) groups excluding carboxylic acids is 1. The number of rotatable bonds is 6. The molecule has 0 unspecified atom stereocenters. The summed E-state index contributed by atoms with van der Waals surface area (Å²) >= 11 is 3.35. The highest BCUT2D eigenvalue weighted by Gasteiger charge is 2.03. The minimum atomic E-state index is -0.0438. The molecule has 3 rings (SSSR count). The van der Waals surface area contributed by atoms with Crippen molar-refractivity contribution in [1.82, 2.24) is 10.3 Å². The fourth-order valence-corrected chi connectivity index (χ4v) is 3.71. The van der Waals surface area contributed by atoms with Gasteiger partial charge in [0.05, 0.1) is 15.2 Å². The number of hydrogen-bond acceptors (Lipinski definition) is 4. The highest BCUT2D eigenvalue weighted by atomic mass is 32.1. The van der Waals surface area contributed by atoms with Gasteiger partial charge in [-0.1, -0.05) is 18.2 Å². The summed E-state index contributed by atoms with van der Waals surface area (Å²) in [6.07, 6.45) is 5.23. The van der Waals surface area contributed by atoms with Crippen LogP contribution in [0.1, 0.15) is 16.3 Å². The maximum Gasteiger partial charge on any atom is 0.244 e. The SMILES string of the molecule is O=C(/C=C/c1cccs1)NCCCc1nc2ccccc2s1. The lowest BCUT2D eigenvalue weighted by Gasteiger charge is -2.00. The smallest absolute Gasteiger partial charge is 0.244 e. The van der Waals surface area contributed by atoms with Gasteiger partial charge in [-0.05, 0) is 36.1 Å². The molecule has 0 saturated carbocycles. The van der Waals surface area contributed by atoms with E-state index >= 15 is 0 Å². The molecule has 3 nitrogen and oxygen atoms in total. The Labute approximate surface area is 137 Å². The number of nitrogens with one attached hydrogen (secondary N) is 1. The van der Waals surface area contributed by atoms with Crippen LogP contribution in [0.3, 0.4) is 0 Å². The van der Waals surface area contributed by atoms with E-state index in [1.165, 1.54) is 4.70 Å². The third-order valence-electron chi connectivity index (χ3n) is 3.15. The molecule has 1 amide bonds. The van der Waals surface area contributed by atoms with Crippen molar-refractivity contribution >= 4 is 44.9 Å². The lowest BCUT2D eigenvalue weighted by atomic mass is 10.3. The van der Waals surface area contributed by atoms with Crippen LogP contribution in [-0.4, -0.2) is 17.4 Å². The summed E-state index contributed by atoms with van der Waals surface area (Å²) in [6.45, 7) is 0.670. The lowest BCUT2D eigenvalue weighted by molar-refractivity contribution is -0.116. The maximum absolute atomic E-state index is 11.7. The zero-order valence-corrected chi connectivity index (χ0v) is 13.6. The summed E-state index contributed by atoms with van der Waals surface area (Å²) in [4.78, 5) is 17.4. The van der Waals surface area contributed by atoms with Crippen LogP contribution >= 0.6 is 22.7 Å². The van der Waals surface area contributed by atoms with Crippen molar-refractivity contribution < 1.29 is 4.79 Å². The first-order valence-electron chi connectivity index (χ1n) is 7.15. The van der Waals surface area contributed by atoms with Crippen LogP contribution in [-0.2, 0) is 11.2 Å². The molecule has 2 aromatic heterocycles. The Morgan fingerprint density at radius 3 is 2.95 bits per heavy atom. The summed E-state index contributed by atoms with van der Waals surface area (Å²) in [6, 6.07) is 12.1. The molecular formula is C17H16N2OS2. The monoisotopic (exact) mass is 328 g/mol. The molecule has 0 bridgehead atoms. The molecule has 2 heterocycles. The van der Waals surface area contributed by atoms with Gasteiger partial charge in [0.15, 0.2) is 0 Å². The number of amides is 1. The number of thiazole rings is 1. The molecule has 5 heteroatoms. The predicted octanol–water partition coefficient (Wildman–Crippen LogP) is 4.12. The van der Waals surface area contributed by atoms with Crippen molar-refractivity contribution in [2.75, 3.05) is 6.54 Å². The van der Waals surface area contributed by atoms with Crippen LogP contribution in [0.4, 0.5) is 0 Å². The quantitative estimate of drug-likeness (QED) is 0.546. The minimum Gasteiger partial charge on any atom is -0.353 e. The van der Waals surface area contributed by atoms with Crippen molar-refractivity contribution in [3.63, 3.8) is 0 Å². The van der Waals surface area contributed by atoms with Crippen molar-refractivity contribution in [1.29, 1.82) is 0 Å². The number of aryl methyl sites for hydroxylation is 1. The second-order valence-electron chi connectivity index (χ2n) is 4.82. The second kappa shape index (κ2) is 7.33. The van der Waals surface area contributed by atoms with Gasteiger partial charge in [0, 0.05) is 23.9 Å². The summed E-state index contributed by atoms with van der Waals surface area (Å²) in [7, 11) is 0. The van der Waals surface area contributed by atoms with E-state index in [4.69, 9.17) is 0 Å². The van der Waals surface area contributed by atoms with Gasteiger partial charge in [-0.15, -0.1) is 22.7 Å². The number of nitrogens with zero attached hydrogens (tertiary/aromatic N) is 1. The number of hydrogen-bond donors (Lipinski definition) is 1. The van der Waals surface area contributed by atoms with Gasteiger partial charge in [-0.3, -0.25) is 4.79 Å². The highest BCUT2D eigenvalue weighted by molar-refractivity contribution is 7.18. The molecule has 0 saturated heterocycles. The van der Waals surface area contributed by atoms with Crippen LogP contribution < -0.4 is 5.32 Å². The minimum absolute atomic E-state index is 0.0438. The standard InChI is InChI=1S/C17H16N2OS2/c20-16(10-9-13-5-4-12-21-13)18-11-3-8-17-19-14-6-1-2-7-15(14)22-17/h1-2,4-7,9-10,12H,3,8,11H2,(H,18,20)/b10-9+. The molecule has 112 valence electrons. The normalized spacial score (nSPS) is 11.3. The molecule has 1 aromatic carbocycles. The van der Waals surface area contributed by atoms with Crippen LogP contribution in [0.2, 0.25) is 0 Å². The molecule has 0 aliphatic carbocycles. The van der Waals surface area contributed by atoms with Crippen LogP contribution in [0.15, 0.2) is 47.9 Å². The predicted molar refractivity (Wildman–Crippen MR) is 94.3 cm³/mol. The number of fused-ring (bicyclic) bond motifs is 1. The molecule has 0 aliphatic rings. The number of carbonyl (C=O) groups is 1. The average Bonchev–Trinajstić information content (AvgIpc) is 3.18. The molecule has 0 radical (unpaired) electrons. The second-order valence-corrected chi connectivity index (χ2v) is 6.91. The number of benzene rings is 1. The Morgan fingerprint density at radius 1 is 1.23 bits per heavy atom. The first kappa shape index (κ1) is 14.9. The van der Waals surface area contributed by atoms with Gasteiger partial charge in [-0.25, -0.2) is 4.98 Å². The fraction of sp³-hybridized carbons (Fsp3) is 0.176. The van der Waals surface area contributed by atoms with Crippen LogP contribution in [0.25, 0.3) is 16.3 Å². The Bertz CT molecular complexity index is 742. The summed E-state index contributed by atoms with van der Waals surface area (Å²) < 4.78 is 1.22. The molecule has 22 heavy (non-hydrogen) atoms. The summed E-state index contributed by atoms with van der Waals surface area (Å²) in [5, 5.41) is 6.03. The van der Waals surface area contributed by atoms with E-state index in [1.54, 1.807) is 28.7 Å². The maximum atomic E-state index is 11.7. The average molecular weight is 328 g/mol. The van der Waals surface area contributed by atoms with E-state index < -0.39 is 0 Å². The van der Waals surface area contributed by atoms with E-state index in [-0.39, 0.29) is 5.91 Å². The Morgan fingerprint density at radius 2 is 2.14 bits per heavy atom. The third kappa shape index (κ3) is 4.02. The molecule has 0 fully saturated rings. The highest BCUT2D eigenvalue weighted by Crippen LogP contribution is 2.22. The third-order valence-corrected chi connectivity index (χ3v) is 5.08. The van der Waals surface area contributed by atoms with Crippen molar-refractivity contribution in [3.8, 4) is 0 Å². The van der Waals surface area contributed by atoms with Gasteiger partial charge in [-0.2, -0.15) is 0 Å². The van der Waals surface area contributed by atoms with Crippen LogP contribution in [0, 0.1) is 0 Å². The Hall–Kier alpha value is -1.98. The Balaban J connectivity index is 1.42. The molecule has 3 aromatic rings. The van der Waals surface area contributed by atoms with Gasteiger partial charge in [0.2, 0.25) is 5.91 Å². The van der Waals surface area contributed by atoms with Crippen molar-refractivity contribution in [2.45, 2.75) is 12.8 Å². The zero-order valence-electron chi connectivity index (χ0n) is 12.0. The van der Waals surface area contributed by atoms with Gasteiger partial charge in [0.25, 0.3) is 0 Å². The Kier molecular flexibility index (Phi) is 4.98. The molecule has 0 aliphatic heterocycles. The largest absolute Gasteiger partial charge is 0.353 e. The molecule has 1 N–H and O–H groups in total. The van der Waals surface area contributed by atoms with Gasteiger partial charge < -0.3 is 5.32 Å². The van der Waals surface area contributed by atoms with E-state index in [2.05, 4.69) is 16.4 Å². The number of aromatic nitrogens is 1. The first-order chi connectivity index (χ1) is 10.8. The fourth-order valence-electron chi connectivity index (χ4n) is 2.08. The molecular weight excluding hydrogens is 312 g/mol. The topological polar surface area (TPSA) is 42.0 Å². The van der Waals surface area contributed by atoms with E-state index in [9.17, 15) is 4.79 Å². The van der Waals surface area contributed by atoms with Gasteiger partial charge >= 0.3 is 0 Å². The molecule has 0 atom stereocenters. The molecule has 0 spiro atoms. The number of para-hydroxylation sites is 1. The lowest BCUT2D eigenvalue weighted by Crippen LogP contribution is -2.22. The summed E-state index contributed by atoms with van der Waals surface area (Å²) in [5.74, 6) is -0.0438. The van der Waals surface area contributed by atoms with E-state index in [0.717, 1.165) is 28.2 Å². The van der Waals surface area contributed by atoms with Crippen LogP contribution in [0.5, 0.6) is 0 Å². The first-order valence-corrected chi connectivity index (χ1v) is 8.85. The van der Waals surface area contributed by atoms with Crippen molar-refractivity contribution in [3.05, 3.63) is 57.7 Å². The van der Waals surface area contributed by atoms with E-state index in [0.29, 0.717) is 6.54 Å². The van der Waals surface area contributed by atoms with Gasteiger partial charge in [0.1, 0.15) is 0 Å². The number of thiophene rings is 1. The van der Waals surface area contributed by atoms with E-state index in [1.807, 2.05) is 41.8 Å². The summed E-state index contributed by atoms with van der Waals surface area (Å²) in [5.41, 5.74) is 1.06.